The summed E-state index contributed by atoms with van der Waals surface area (Å²) in [7, 11) is 0. The molecule has 110 valence electrons. The Morgan fingerprint density at radius 1 is 1.19 bits per heavy atom. The van der Waals surface area contributed by atoms with Crippen molar-refractivity contribution in [2.24, 2.45) is 0 Å². The van der Waals surface area contributed by atoms with Crippen LogP contribution in [0.1, 0.15) is 11.1 Å². The van der Waals surface area contributed by atoms with Crippen LogP contribution in [0.3, 0.4) is 0 Å². The Kier molecular flexibility index (Phi) is 5.52. The largest absolute Gasteiger partial charge is 0.399 e. The van der Waals surface area contributed by atoms with E-state index in [9.17, 15) is 4.79 Å². The molecule has 3 nitrogen and oxygen atoms in total. The van der Waals surface area contributed by atoms with Crippen LogP contribution in [0, 0.1) is 17.4 Å². The third kappa shape index (κ3) is 4.64. The summed E-state index contributed by atoms with van der Waals surface area (Å²) in [6.45, 7) is 4.01. The zero-order valence-corrected chi connectivity index (χ0v) is 14.9. The molecule has 0 aliphatic carbocycles. The number of aryl methyl sites for hydroxylation is 2. The highest BCUT2D eigenvalue weighted by molar-refractivity contribution is 14.1. The fraction of sp³-hybridized carbons (Fsp3) is 0.188. The normalized spacial score (nSPS) is 10.4. The van der Waals surface area contributed by atoms with Crippen molar-refractivity contribution in [3.8, 4) is 0 Å². The molecule has 2 aromatic carbocycles. The average molecular weight is 412 g/mol. The first kappa shape index (κ1) is 16.2. The molecule has 0 aliphatic heterocycles. The molecule has 0 aromatic heterocycles. The Hall–Kier alpha value is -1.21. The number of thioether (sulfide) groups is 1. The van der Waals surface area contributed by atoms with Crippen LogP contribution in [0.2, 0.25) is 0 Å². The molecule has 2 rings (SSSR count). The zero-order valence-electron chi connectivity index (χ0n) is 11.9. The van der Waals surface area contributed by atoms with Gasteiger partial charge in [0.2, 0.25) is 5.91 Å². The Balaban J connectivity index is 1.97. The lowest BCUT2D eigenvalue weighted by molar-refractivity contribution is -0.113. The monoisotopic (exact) mass is 412 g/mol. The van der Waals surface area contributed by atoms with Crippen molar-refractivity contribution < 1.29 is 4.79 Å². The van der Waals surface area contributed by atoms with Gasteiger partial charge in [-0.05, 0) is 77.9 Å². The van der Waals surface area contributed by atoms with Crippen molar-refractivity contribution in [1.29, 1.82) is 0 Å². The molecule has 2 aromatic rings. The molecule has 0 fully saturated rings. The molecule has 1 amide bonds. The molecule has 5 heteroatoms. The van der Waals surface area contributed by atoms with Gasteiger partial charge in [-0.1, -0.05) is 6.07 Å². The molecule has 0 heterocycles. The van der Waals surface area contributed by atoms with Crippen LogP contribution in [-0.2, 0) is 4.79 Å². The summed E-state index contributed by atoms with van der Waals surface area (Å²) in [5.74, 6) is 0.363. The lowest BCUT2D eigenvalue weighted by Gasteiger charge is -2.10. The number of hydrogen-bond donors (Lipinski definition) is 2. The number of nitrogens with two attached hydrogens (primary N) is 1. The molecular formula is C16H17IN2OS. The maximum absolute atomic E-state index is 12.1. The van der Waals surface area contributed by atoms with E-state index in [1.165, 1.54) is 11.8 Å². The quantitative estimate of drug-likeness (QED) is 0.449. The summed E-state index contributed by atoms with van der Waals surface area (Å²) in [4.78, 5) is 13.1. The smallest absolute Gasteiger partial charge is 0.234 e. The van der Waals surface area contributed by atoms with Crippen molar-refractivity contribution in [3.63, 3.8) is 0 Å². The molecule has 0 radical (unpaired) electrons. The van der Waals surface area contributed by atoms with Gasteiger partial charge < -0.3 is 11.1 Å². The molecular weight excluding hydrogens is 395 g/mol. The number of hydrogen-bond acceptors (Lipinski definition) is 3. The van der Waals surface area contributed by atoms with Gasteiger partial charge in [0, 0.05) is 19.8 Å². The Morgan fingerprint density at radius 2 is 1.95 bits per heavy atom. The van der Waals surface area contributed by atoms with Crippen LogP contribution < -0.4 is 11.1 Å². The number of nitrogen functional groups attached to an aromatic ring is 1. The average Bonchev–Trinajstić information content (AvgIpc) is 2.43. The van der Waals surface area contributed by atoms with E-state index in [-0.39, 0.29) is 5.91 Å². The van der Waals surface area contributed by atoms with Crippen molar-refractivity contribution in [2.75, 3.05) is 16.8 Å². The lowest BCUT2D eigenvalue weighted by Crippen LogP contribution is -2.15. The zero-order chi connectivity index (χ0) is 15.4. The van der Waals surface area contributed by atoms with Crippen LogP contribution in [0.15, 0.2) is 41.3 Å². The molecule has 0 unspecified atom stereocenters. The molecule has 3 N–H and O–H groups in total. The van der Waals surface area contributed by atoms with E-state index in [1.807, 2.05) is 50.2 Å². The predicted molar refractivity (Wildman–Crippen MR) is 98.8 cm³/mol. The van der Waals surface area contributed by atoms with Gasteiger partial charge in [0.15, 0.2) is 0 Å². The molecule has 0 spiro atoms. The van der Waals surface area contributed by atoms with E-state index in [4.69, 9.17) is 5.73 Å². The molecule has 0 saturated heterocycles. The van der Waals surface area contributed by atoms with Gasteiger partial charge in [-0.2, -0.15) is 0 Å². The number of rotatable bonds is 4. The molecule has 0 bridgehead atoms. The van der Waals surface area contributed by atoms with Crippen molar-refractivity contribution in [2.45, 2.75) is 18.7 Å². The summed E-state index contributed by atoms with van der Waals surface area (Å²) in [5, 5.41) is 2.95. The molecule has 0 atom stereocenters. The predicted octanol–water partition coefficient (Wildman–Crippen LogP) is 4.22. The number of amides is 1. The van der Waals surface area contributed by atoms with Crippen LogP contribution in [0.5, 0.6) is 0 Å². The third-order valence-corrected chi connectivity index (χ3v) is 4.86. The second kappa shape index (κ2) is 7.17. The summed E-state index contributed by atoms with van der Waals surface area (Å²) in [6, 6.07) is 11.7. The third-order valence-electron chi connectivity index (χ3n) is 3.03. The second-order valence-electron chi connectivity index (χ2n) is 4.82. The van der Waals surface area contributed by atoms with Gasteiger partial charge in [0.25, 0.3) is 0 Å². The second-order valence-corrected chi connectivity index (χ2v) is 7.08. The topological polar surface area (TPSA) is 55.1 Å². The SMILES string of the molecule is Cc1cc(I)ccc1NC(=O)CSc1cc(N)ccc1C. The van der Waals surface area contributed by atoms with E-state index in [0.29, 0.717) is 5.75 Å². The lowest BCUT2D eigenvalue weighted by atomic mass is 10.2. The van der Waals surface area contributed by atoms with Gasteiger partial charge >= 0.3 is 0 Å². The van der Waals surface area contributed by atoms with E-state index in [1.54, 1.807) is 0 Å². The van der Waals surface area contributed by atoms with E-state index >= 15 is 0 Å². The van der Waals surface area contributed by atoms with Crippen LogP contribution in [0.25, 0.3) is 0 Å². The Bertz CT molecular complexity index is 673. The van der Waals surface area contributed by atoms with Gasteiger partial charge in [-0.15, -0.1) is 11.8 Å². The Morgan fingerprint density at radius 3 is 2.67 bits per heavy atom. The minimum atomic E-state index is -0.00821. The summed E-state index contributed by atoms with van der Waals surface area (Å²) >= 11 is 3.76. The number of carbonyl (C=O) groups is 1. The number of halogens is 1. The fourth-order valence-electron chi connectivity index (χ4n) is 1.87. The Labute approximate surface area is 142 Å². The summed E-state index contributed by atoms with van der Waals surface area (Å²) < 4.78 is 1.16. The first-order chi connectivity index (χ1) is 9.95. The van der Waals surface area contributed by atoms with Gasteiger partial charge in [-0.3, -0.25) is 4.79 Å². The van der Waals surface area contributed by atoms with Gasteiger partial charge in [0.1, 0.15) is 0 Å². The summed E-state index contributed by atoms with van der Waals surface area (Å²) in [6.07, 6.45) is 0. The molecule has 21 heavy (non-hydrogen) atoms. The number of nitrogens with one attached hydrogen (secondary N) is 1. The number of benzene rings is 2. The number of anilines is 2. The summed E-state index contributed by atoms with van der Waals surface area (Å²) in [5.41, 5.74) is 9.56. The standard InChI is InChI=1S/C16H17IN2OS/c1-10-3-5-13(18)8-15(10)21-9-16(20)19-14-6-4-12(17)7-11(14)2/h3-8H,9,18H2,1-2H3,(H,19,20). The van der Waals surface area contributed by atoms with E-state index in [0.717, 1.165) is 31.0 Å². The van der Waals surface area contributed by atoms with Crippen molar-refractivity contribution in [3.05, 3.63) is 51.1 Å². The fourth-order valence-corrected chi connectivity index (χ4v) is 3.39. The number of carbonyl (C=O) groups excluding carboxylic acids is 1. The highest BCUT2D eigenvalue weighted by atomic mass is 127. The van der Waals surface area contributed by atoms with Crippen LogP contribution in [-0.4, -0.2) is 11.7 Å². The van der Waals surface area contributed by atoms with E-state index < -0.39 is 0 Å². The van der Waals surface area contributed by atoms with Gasteiger partial charge in [0.05, 0.1) is 5.75 Å². The van der Waals surface area contributed by atoms with Crippen molar-refractivity contribution >= 4 is 51.6 Å². The first-order valence-corrected chi connectivity index (χ1v) is 8.57. The van der Waals surface area contributed by atoms with Crippen LogP contribution in [0.4, 0.5) is 11.4 Å². The van der Waals surface area contributed by atoms with E-state index in [2.05, 4.69) is 27.9 Å². The maximum atomic E-state index is 12.1. The highest BCUT2D eigenvalue weighted by Gasteiger charge is 2.07. The van der Waals surface area contributed by atoms with Crippen molar-refractivity contribution in [1.82, 2.24) is 0 Å². The van der Waals surface area contributed by atoms with Gasteiger partial charge in [-0.25, -0.2) is 0 Å². The minimum Gasteiger partial charge on any atom is -0.399 e. The molecule has 0 aliphatic rings. The van der Waals surface area contributed by atoms with Crippen LogP contribution >= 0.6 is 34.4 Å². The minimum absolute atomic E-state index is 0.00821. The first-order valence-electron chi connectivity index (χ1n) is 6.50. The molecule has 0 saturated carbocycles. The maximum Gasteiger partial charge on any atom is 0.234 e. The highest BCUT2D eigenvalue weighted by Crippen LogP contribution is 2.25.